The van der Waals surface area contributed by atoms with Crippen LogP contribution >= 0.6 is 0 Å². The number of aliphatic hydroxyl groups excluding tert-OH is 1. The second kappa shape index (κ2) is 4.75. The summed E-state index contributed by atoms with van der Waals surface area (Å²) in [4.78, 5) is 4.33. The van der Waals surface area contributed by atoms with E-state index in [1.54, 1.807) is 12.5 Å². The van der Waals surface area contributed by atoms with Crippen molar-refractivity contribution in [1.82, 2.24) is 4.98 Å². The molecule has 0 aliphatic heterocycles. The Morgan fingerprint density at radius 1 is 1.35 bits per heavy atom. The minimum absolute atomic E-state index is 0.0932. The van der Waals surface area contributed by atoms with Crippen molar-refractivity contribution < 1.29 is 9.52 Å². The molecule has 2 aromatic heterocycles. The fourth-order valence-corrected chi connectivity index (χ4v) is 1.94. The van der Waals surface area contributed by atoms with Crippen molar-refractivity contribution in [2.75, 3.05) is 11.9 Å². The molecule has 0 saturated carbocycles. The van der Waals surface area contributed by atoms with Crippen LogP contribution in [0, 0.1) is 0 Å². The van der Waals surface area contributed by atoms with Gasteiger partial charge < -0.3 is 14.8 Å². The molecule has 17 heavy (non-hydrogen) atoms. The molecule has 0 saturated heterocycles. The van der Waals surface area contributed by atoms with Crippen LogP contribution in [0.25, 0.3) is 11.0 Å². The van der Waals surface area contributed by atoms with Crippen molar-refractivity contribution in [3.63, 3.8) is 0 Å². The van der Waals surface area contributed by atoms with E-state index >= 15 is 0 Å². The van der Waals surface area contributed by atoms with Gasteiger partial charge in [-0.25, -0.2) is 4.98 Å². The minimum Gasteiger partial charge on any atom is -0.464 e. The summed E-state index contributed by atoms with van der Waals surface area (Å²) in [6, 6.07) is 3.72. The van der Waals surface area contributed by atoms with E-state index in [0.717, 1.165) is 29.6 Å². The van der Waals surface area contributed by atoms with Gasteiger partial charge in [0.2, 0.25) is 0 Å². The average Bonchev–Trinajstić information content (AvgIpc) is 2.85. The van der Waals surface area contributed by atoms with Crippen molar-refractivity contribution in [2.45, 2.75) is 32.2 Å². The predicted molar refractivity (Wildman–Crippen MR) is 68.0 cm³/mol. The maximum atomic E-state index is 9.55. The highest BCUT2D eigenvalue weighted by molar-refractivity contribution is 5.88. The molecular weight excluding hydrogens is 216 g/mol. The van der Waals surface area contributed by atoms with Crippen LogP contribution in [0.5, 0.6) is 0 Å². The lowest BCUT2D eigenvalue weighted by Crippen LogP contribution is -2.41. The van der Waals surface area contributed by atoms with Crippen LogP contribution in [0.15, 0.2) is 29.0 Å². The highest BCUT2D eigenvalue weighted by atomic mass is 16.3. The van der Waals surface area contributed by atoms with E-state index in [-0.39, 0.29) is 12.1 Å². The van der Waals surface area contributed by atoms with Gasteiger partial charge in [0.1, 0.15) is 11.4 Å². The summed E-state index contributed by atoms with van der Waals surface area (Å²) < 4.78 is 5.33. The zero-order chi connectivity index (χ0) is 12.3. The second-order valence-electron chi connectivity index (χ2n) is 4.26. The molecule has 2 rings (SSSR count). The number of aliphatic hydroxyl groups is 1. The van der Waals surface area contributed by atoms with Crippen molar-refractivity contribution in [2.24, 2.45) is 0 Å². The first-order valence-electron chi connectivity index (χ1n) is 5.96. The van der Waals surface area contributed by atoms with Gasteiger partial charge in [-0.15, -0.1) is 0 Å². The number of anilines is 1. The molecule has 0 fully saturated rings. The summed E-state index contributed by atoms with van der Waals surface area (Å²) >= 11 is 0. The first-order valence-corrected chi connectivity index (χ1v) is 5.96. The Labute approximate surface area is 101 Å². The predicted octanol–water partition coefficient (Wildman–Crippen LogP) is 2.79. The molecule has 4 heteroatoms. The molecule has 0 aliphatic carbocycles. The number of nitrogens with one attached hydrogen (secondary N) is 1. The monoisotopic (exact) mass is 234 g/mol. The van der Waals surface area contributed by atoms with Crippen LogP contribution in [-0.2, 0) is 0 Å². The normalized spacial score (nSPS) is 11.9. The highest BCUT2D eigenvalue weighted by Gasteiger charge is 2.26. The van der Waals surface area contributed by atoms with Crippen molar-refractivity contribution in [3.8, 4) is 0 Å². The number of fused-ring (bicyclic) bond motifs is 1. The number of hydrogen-bond donors (Lipinski definition) is 2. The van der Waals surface area contributed by atoms with E-state index in [1.807, 2.05) is 12.1 Å². The van der Waals surface area contributed by atoms with E-state index in [1.165, 1.54) is 0 Å². The standard InChI is InChI=1S/C13H18N2O2/c1-3-13(4-2,9-16)15-12-10-6-8-17-11(10)5-7-14-12/h5-8,16H,3-4,9H2,1-2H3,(H,14,15). The SMILES string of the molecule is CCC(CC)(CO)Nc1nccc2occc12. The van der Waals surface area contributed by atoms with Gasteiger partial charge in [-0.1, -0.05) is 13.8 Å². The molecule has 0 bridgehead atoms. The zero-order valence-electron chi connectivity index (χ0n) is 10.2. The van der Waals surface area contributed by atoms with Crippen molar-refractivity contribution in [3.05, 3.63) is 24.6 Å². The Kier molecular flexibility index (Phi) is 3.33. The van der Waals surface area contributed by atoms with E-state index in [4.69, 9.17) is 4.42 Å². The number of nitrogens with zero attached hydrogens (tertiary/aromatic N) is 1. The molecule has 0 aromatic carbocycles. The molecule has 0 spiro atoms. The van der Waals surface area contributed by atoms with E-state index in [9.17, 15) is 5.11 Å². The summed E-state index contributed by atoms with van der Waals surface area (Å²) in [6.07, 6.45) is 5.05. The molecule has 0 unspecified atom stereocenters. The van der Waals surface area contributed by atoms with Crippen molar-refractivity contribution in [1.29, 1.82) is 0 Å². The summed E-state index contributed by atoms with van der Waals surface area (Å²) in [5.41, 5.74) is 0.500. The lowest BCUT2D eigenvalue weighted by atomic mass is 9.94. The molecule has 0 aliphatic rings. The molecular formula is C13H18N2O2. The molecule has 4 nitrogen and oxygen atoms in total. The lowest BCUT2D eigenvalue weighted by molar-refractivity contribution is 0.202. The Balaban J connectivity index is 2.37. The Bertz CT molecular complexity index is 481. The van der Waals surface area contributed by atoms with E-state index < -0.39 is 0 Å². The zero-order valence-corrected chi connectivity index (χ0v) is 10.2. The van der Waals surface area contributed by atoms with Crippen LogP contribution in [0.2, 0.25) is 0 Å². The van der Waals surface area contributed by atoms with Gasteiger partial charge in [-0.2, -0.15) is 0 Å². The number of rotatable bonds is 5. The van der Waals surface area contributed by atoms with Gasteiger partial charge >= 0.3 is 0 Å². The third-order valence-electron chi connectivity index (χ3n) is 3.42. The summed E-state index contributed by atoms with van der Waals surface area (Å²) in [6.45, 7) is 4.21. The fraction of sp³-hybridized carbons (Fsp3) is 0.462. The van der Waals surface area contributed by atoms with Gasteiger partial charge in [0.05, 0.1) is 23.8 Å². The van der Waals surface area contributed by atoms with Gasteiger partial charge in [-0.05, 0) is 25.0 Å². The number of hydrogen-bond acceptors (Lipinski definition) is 4. The van der Waals surface area contributed by atoms with Gasteiger partial charge in [0.15, 0.2) is 0 Å². The van der Waals surface area contributed by atoms with Crippen LogP contribution < -0.4 is 5.32 Å². The number of pyridine rings is 1. The summed E-state index contributed by atoms with van der Waals surface area (Å²) in [5, 5.41) is 13.8. The first-order chi connectivity index (χ1) is 8.24. The Hall–Kier alpha value is -1.55. The summed E-state index contributed by atoms with van der Waals surface area (Å²) in [5.74, 6) is 0.772. The topological polar surface area (TPSA) is 58.3 Å². The van der Waals surface area contributed by atoms with Crippen LogP contribution in [-0.4, -0.2) is 22.2 Å². The molecule has 2 heterocycles. The van der Waals surface area contributed by atoms with E-state index in [0.29, 0.717) is 0 Å². The molecule has 2 aromatic rings. The van der Waals surface area contributed by atoms with E-state index in [2.05, 4.69) is 24.1 Å². The molecule has 0 atom stereocenters. The first kappa shape index (κ1) is 11.9. The Morgan fingerprint density at radius 2 is 2.12 bits per heavy atom. The van der Waals surface area contributed by atoms with Crippen molar-refractivity contribution >= 4 is 16.8 Å². The quantitative estimate of drug-likeness (QED) is 0.835. The average molecular weight is 234 g/mol. The third kappa shape index (κ3) is 2.13. The fourth-order valence-electron chi connectivity index (χ4n) is 1.94. The number of furan rings is 1. The van der Waals surface area contributed by atoms with Gasteiger partial charge in [0, 0.05) is 6.20 Å². The molecule has 0 radical (unpaired) electrons. The largest absolute Gasteiger partial charge is 0.464 e. The summed E-state index contributed by atoms with van der Waals surface area (Å²) in [7, 11) is 0. The van der Waals surface area contributed by atoms with Crippen LogP contribution in [0.4, 0.5) is 5.82 Å². The molecule has 0 amide bonds. The lowest BCUT2D eigenvalue weighted by Gasteiger charge is -2.31. The maximum absolute atomic E-state index is 9.55. The van der Waals surface area contributed by atoms with Gasteiger partial charge in [-0.3, -0.25) is 0 Å². The van der Waals surface area contributed by atoms with Crippen LogP contribution in [0.1, 0.15) is 26.7 Å². The third-order valence-corrected chi connectivity index (χ3v) is 3.42. The minimum atomic E-state index is -0.307. The second-order valence-corrected chi connectivity index (χ2v) is 4.26. The highest BCUT2D eigenvalue weighted by Crippen LogP contribution is 2.27. The molecule has 92 valence electrons. The maximum Gasteiger partial charge on any atom is 0.139 e. The molecule has 2 N–H and O–H groups in total. The number of aromatic nitrogens is 1. The van der Waals surface area contributed by atoms with Gasteiger partial charge in [0.25, 0.3) is 0 Å². The smallest absolute Gasteiger partial charge is 0.139 e. The van der Waals surface area contributed by atoms with Crippen LogP contribution in [0.3, 0.4) is 0 Å². The Morgan fingerprint density at radius 3 is 2.76 bits per heavy atom.